The highest BCUT2D eigenvalue weighted by molar-refractivity contribution is 7.99. The van der Waals surface area contributed by atoms with E-state index in [1.165, 1.54) is 11.8 Å². The fourth-order valence-corrected chi connectivity index (χ4v) is 2.84. The largest absolute Gasteiger partial charge is 0.461 e. The summed E-state index contributed by atoms with van der Waals surface area (Å²) in [7, 11) is 0. The molecule has 114 valence electrons. The van der Waals surface area contributed by atoms with Crippen LogP contribution in [0, 0.1) is 6.92 Å². The number of aryl methyl sites for hydroxylation is 1. The fourth-order valence-electron chi connectivity index (χ4n) is 1.90. The van der Waals surface area contributed by atoms with Gasteiger partial charge in [-0.2, -0.15) is 4.98 Å². The molecule has 3 aromatic heterocycles. The number of rotatable bonds is 6. The molecular weight excluding hydrogens is 302 g/mol. The molecule has 1 atom stereocenters. The van der Waals surface area contributed by atoms with E-state index >= 15 is 0 Å². The van der Waals surface area contributed by atoms with Crippen LogP contribution in [0.4, 0.5) is 0 Å². The predicted octanol–water partition coefficient (Wildman–Crippen LogP) is 3.27. The van der Waals surface area contributed by atoms with Crippen molar-refractivity contribution in [2.24, 2.45) is 0 Å². The molecule has 0 unspecified atom stereocenters. The van der Waals surface area contributed by atoms with Gasteiger partial charge in [0.15, 0.2) is 10.9 Å². The van der Waals surface area contributed by atoms with E-state index in [2.05, 4.69) is 26.9 Å². The van der Waals surface area contributed by atoms with E-state index in [9.17, 15) is 0 Å². The van der Waals surface area contributed by atoms with E-state index in [0.717, 1.165) is 11.0 Å². The minimum Gasteiger partial charge on any atom is -0.461 e. The Hall–Kier alpha value is -2.35. The van der Waals surface area contributed by atoms with Crippen molar-refractivity contribution >= 4 is 11.8 Å². The number of nitrogens with zero attached hydrogens (tertiary/aromatic N) is 5. The summed E-state index contributed by atoms with van der Waals surface area (Å²) >= 11 is 1.51. The third kappa shape index (κ3) is 2.82. The highest BCUT2D eigenvalue weighted by Gasteiger charge is 2.20. The molecule has 0 aliphatic heterocycles. The summed E-state index contributed by atoms with van der Waals surface area (Å²) in [6.07, 6.45) is 3.39. The molecule has 0 saturated heterocycles. The van der Waals surface area contributed by atoms with Crippen LogP contribution >= 0.6 is 11.8 Å². The van der Waals surface area contributed by atoms with Gasteiger partial charge in [-0.15, -0.1) is 16.8 Å². The number of furan rings is 1. The highest BCUT2D eigenvalue weighted by atomic mass is 32.2. The lowest BCUT2D eigenvalue weighted by Crippen LogP contribution is -2.01. The molecule has 0 spiro atoms. The molecule has 0 aromatic carbocycles. The molecule has 0 bridgehead atoms. The molecule has 3 rings (SSSR count). The molecule has 0 aliphatic carbocycles. The van der Waals surface area contributed by atoms with E-state index in [-0.39, 0.29) is 5.25 Å². The summed E-state index contributed by atoms with van der Waals surface area (Å²) in [5.41, 5.74) is 0. The van der Waals surface area contributed by atoms with Crippen molar-refractivity contribution in [2.75, 3.05) is 0 Å². The fraction of sp³-hybridized carbons (Fsp3) is 0.286. The molecular formula is C14H15N5O2S. The zero-order valence-corrected chi connectivity index (χ0v) is 13.1. The predicted molar refractivity (Wildman–Crippen MR) is 81.2 cm³/mol. The smallest absolute Gasteiger partial charge is 0.240 e. The van der Waals surface area contributed by atoms with Crippen molar-refractivity contribution < 1.29 is 8.94 Å². The maximum absolute atomic E-state index is 5.31. The zero-order chi connectivity index (χ0) is 15.5. The minimum absolute atomic E-state index is 0.0524. The van der Waals surface area contributed by atoms with E-state index in [0.29, 0.717) is 24.0 Å². The Bertz CT molecular complexity index is 762. The van der Waals surface area contributed by atoms with Crippen LogP contribution in [0.3, 0.4) is 0 Å². The minimum atomic E-state index is -0.0524. The number of hydrogen-bond acceptors (Lipinski definition) is 7. The van der Waals surface area contributed by atoms with E-state index in [4.69, 9.17) is 8.94 Å². The topological polar surface area (TPSA) is 82.8 Å². The van der Waals surface area contributed by atoms with Crippen LogP contribution in [-0.4, -0.2) is 24.9 Å². The van der Waals surface area contributed by atoms with Crippen LogP contribution in [0.25, 0.3) is 11.6 Å². The molecule has 0 N–H and O–H groups in total. The SMILES string of the molecule is C=CCn1c(C)nnc1S[C@@H](C)c1nc(-c2ccco2)no1. The normalized spacial score (nSPS) is 12.5. The monoisotopic (exact) mass is 317 g/mol. The Morgan fingerprint density at radius 3 is 3.05 bits per heavy atom. The molecule has 3 heterocycles. The second kappa shape index (κ2) is 6.18. The maximum atomic E-state index is 5.31. The van der Waals surface area contributed by atoms with Gasteiger partial charge < -0.3 is 13.5 Å². The summed E-state index contributed by atoms with van der Waals surface area (Å²) in [6.45, 7) is 8.30. The lowest BCUT2D eigenvalue weighted by Gasteiger charge is -2.07. The second-order valence-corrected chi connectivity index (χ2v) is 5.93. The molecule has 0 fully saturated rings. The van der Waals surface area contributed by atoms with Crippen molar-refractivity contribution in [1.29, 1.82) is 0 Å². The Balaban J connectivity index is 1.77. The van der Waals surface area contributed by atoms with E-state index < -0.39 is 0 Å². The Morgan fingerprint density at radius 2 is 2.32 bits per heavy atom. The van der Waals surface area contributed by atoms with Crippen molar-refractivity contribution in [2.45, 2.75) is 30.8 Å². The standard InChI is InChI=1S/C14H15N5O2S/c1-4-7-19-10(3)16-17-14(19)22-9(2)13-15-12(18-21-13)11-6-5-8-20-11/h4-6,8-9H,1,7H2,2-3H3/t9-/m0/s1. The van der Waals surface area contributed by atoms with Gasteiger partial charge in [-0.05, 0) is 26.0 Å². The highest BCUT2D eigenvalue weighted by Crippen LogP contribution is 2.33. The van der Waals surface area contributed by atoms with Crippen LogP contribution in [0.15, 0.2) is 45.1 Å². The molecule has 3 aromatic rings. The molecule has 0 radical (unpaired) electrons. The number of allylic oxidation sites excluding steroid dienone is 1. The summed E-state index contributed by atoms with van der Waals surface area (Å²) < 4.78 is 12.5. The summed E-state index contributed by atoms with van der Waals surface area (Å²) in [4.78, 5) is 4.36. The summed E-state index contributed by atoms with van der Waals surface area (Å²) in [5.74, 6) is 2.38. The Morgan fingerprint density at radius 1 is 1.45 bits per heavy atom. The number of aromatic nitrogens is 5. The van der Waals surface area contributed by atoms with Gasteiger partial charge in [0.05, 0.1) is 11.5 Å². The molecule has 22 heavy (non-hydrogen) atoms. The van der Waals surface area contributed by atoms with Gasteiger partial charge in [-0.25, -0.2) is 0 Å². The quantitative estimate of drug-likeness (QED) is 0.509. The van der Waals surface area contributed by atoms with Crippen molar-refractivity contribution in [3.8, 4) is 11.6 Å². The van der Waals surface area contributed by atoms with Gasteiger partial charge >= 0.3 is 0 Å². The molecule has 8 heteroatoms. The average Bonchev–Trinajstić information content (AvgIpc) is 3.22. The third-order valence-electron chi connectivity index (χ3n) is 3.03. The van der Waals surface area contributed by atoms with Gasteiger partial charge in [-0.1, -0.05) is 23.0 Å². The van der Waals surface area contributed by atoms with Gasteiger partial charge in [0.2, 0.25) is 11.7 Å². The molecule has 0 saturated carbocycles. The number of thioether (sulfide) groups is 1. The Kier molecular flexibility index (Phi) is 4.10. The van der Waals surface area contributed by atoms with Crippen LogP contribution in [-0.2, 0) is 6.54 Å². The first-order valence-corrected chi connectivity index (χ1v) is 7.62. The van der Waals surface area contributed by atoms with Gasteiger partial charge in [0.1, 0.15) is 5.82 Å². The van der Waals surface area contributed by atoms with Crippen molar-refractivity contribution in [3.05, 3.63) is 42.8 Å². The van der Waals surface area contributed by atoms with Gasteiger partial charge in [0.25, 0.3) is 0 Å². The van der Waals surface area contributed by atoms with Gasteiger partial charge in [-0.3, -0.25) is 0 Å². The van der Waals surface area contributed by atoms with E-state index in [1.54, 1.807) is 18.4 Å². The average molecular weight is 317 g/mol. The molecule has 0 amide bonds. The number of hydrogen-bond donors (Lipinski definition) is 0. The lowest BCUT2D eigenvalue weighted by molar-refractivity contribution is 0.379. The van der Waals surface area contributed by atoms with Crippen LogP contribution in [0.2, 0.25) is 0 Å². The van der Waals surface area contributed by atoms with Gasteiger partial charge in [0, 0.05) is 6.54 Å². The van der Waals surface area contributed by atoms with E-state index in [1.807, 2.05) is 24.5 Å². The van der Waals surface area contributed by atoms with Crippen LogP contribution in [0.1, 0.15) is 23.9 Å². The lowest BCUT2D eigenvalue weighted by atomic mass is 10.4. The summed E-state index contributed by atoms with van der Waals surface area (Å²) in [6, 6.07) is 3.57. The molecule has 7 nitrogen and oxygen atoms in total. The third-order valence-corrected chi connectivity index (χ3v) is 4.09. The summed E-state index contributed by atoms with van der Waals surface area (Å²) in [5, 5.41) is 12.9. The second-order valence-electron chi connectivity index (χ2n) is 4.62. The molecule has 0 aliphatic rings. The zero-order valence-electron chi connectivity index (χ0n) is 12.3. The van der Waals surface area contributed by atoms with Crippen molar-refractivity contribution in [1.82, 2.24) is 24.9 Å². The first-order valence-electron chi connectivity index (χ1n) is 6.74. The van der Waals surface area contributed by atoms with Crippen LogP contribution in [0.5, 0.6) is 0 Å². The maximum Gasteiger partial charge on any atom is 0.240 e. The first kappa shape index (κ1) is 14.6. The van der Waals surface area contributed by atoms with Crippen molar-refractivity contribution in [3.63, 3.8) is 0 Å². The Labute approximate surface area is 131 Å². The first-order chi connectivity index (χ1) is 10.7. The van der Waals surface area contributed by atoms with Crippen LogP contribution < -0.4 is 0 Å².